The fourth-order valence-corrected chi connectivity index (χ4v) is 3.61. The lowest BCUT2D eigenvalue weighted by Gasteiger charge is -2.14. The zero-order chi connectivity index (χ0) is 20.2. The Morgan fingerprint density at radius 2 is 1.62 bits per heavy atom. The van der Waals surface area contributed by atoms with Crippen LogP contribution in [-0.2, 0) is 4.74 Å². The maximum atomic E-state index is 13.6. The molecule has 0 unspecified atom stereocenters. The van der Waals surface area contributed by atoms with Crippen LogP contribution in [0.2, 0.25) is 0 Å². The van der Waals surface area contributed by atoms with Gasteiger partial charge in [0.25, 0.3) is 0 Å². The first-order chi connectivity index (χ1) is 14.1. The van der Waals surface area contributed by atoms with Crippen LogP contribution in [0.25, 0.3) is 17.2 Å². The molecule has 3 aromatic rings. The average molecular weight is 391 g/mol. The Balaban J connectivity index is 1.34. The summed E-state index contributed by atoms with van der Waals surface area (Å²) in [4.78, 5) is 12.1. The molecular weight excluding hydrogens is 372 g/mol. The van der Waals surface area contributed by atoms with Crippen molar-refractivity contribution in [3.8, 4) is 11.1 Å². The first kappa shape index (κ1) is 18.9. The fourth-order valence-electron chi connectivity index (χ4n) is 3.61. The van der Waals surface area contributed by atoms with Crippen molar-refractivity contribution in [1.82, 2.24) is 5.32 Å². The second kappa shape index (κ2) is 8.27. The number of carbonyl (C=O) groups excluding carboxylic acids is 1. The maximum Gasteiger partial charge on any atom is 0.407 e. The number of ether oxygens (including phenoxy) is 1. The molecule has 0 aromatic heterocycles. The summed E-state index contributed by atoms with van der Waals surface area (Å²) in [6.07, 6.45) is 2.52. The molecule has 1 amide bonds. The van der Waals surface area contributed by atoms with Crippen molar-refractivity contribution in [2.24, 2.45) is 0 Å². The van der Waals surface area contributed by atoms with Gasteiger partial charge in [-0.1, -0.05) is 60.7 Å². The van der Waals surface area contributed by atoms with E-state index in [-0.39, 0.29) is 24.6 Å². The molecule has 1 N–H and O–H groups in total. The Hall–Kier alpha value is -3.47. The normalized spacial score (nSPS) is 12.6. The second-order valence-electron chi connectivity index (χ2n) is 6.77. The summed E-state index contributed by atoms with van der Waals surface area (Å²) in [7, 11) is 0. The number of hydrogen-bond donors (Lipinski definition) is 1. The minimum absolute atomic E-state index is 0.00277. The van der Waals surface area contributed by atoms with E-state index in [1.54, 1.807) is 6.08 Å². The van der Waals surface area contributed by atoms with Crippen LogP contribution in [-0.4, -0.2) is 19.2 Å². The van der Waals surface area contributed by atoms with E-state index in [0.29, 0.717) is 0 Å². The summed E-state index contributed by atoms with van der Waals surface area (Å²) in [5.41, 5.74) is 4.88. The smallest absolute Gasteiger partial charge is 0.407 e. The Kier molecular flexibility index (Phi) is 5.38. The highest BCUT2D eigenvalue weighted by atomic mass is 19.1. The van der Waals surface area contributed by atoms with Crippen LogP contribution in [0.4, 0.5) is 13.6 Å². The largest absolute Gasteiger partial charge is 0.449 e. The van der Waals surface area contributed by atoms with Gasteiger partial charge in [0, 0.05) is 24.1 Å². The minimum Gasteiger partial charge on any atom is -0.449 e. The minimum atomic E-state index is -0.651. The maximum absolute atomic E-state index is 13.6. The van der Waals surface area contributed by atoms with E-state index in [2.05, 4.69) is 29.6 Å². The van der Waals surface area contributed by atoms with Gasteiger partial charge >= 0.3 is 6.09 Å². The van der Waals surface area contributed by atoms with Gasteiger partial charge in [-0.05, 0) is 34.4 Å². The quantitative estimate of drug-likeness (QED) is 0.622. The molecule has 0 saturated carbocycles. The number of halogens is 2. The first-order valence-electron chi connectivity index (χ1n) is 9.34. The third kappa shape index (κ3) is 4.04. The topological polar surface area (TPSA) is 38.3 Å². The molecule has 0 saturated heterocycles. The Morgan fingerprint density at radius 3 is 2.28 bits per heavy atom. The van der Waals surface area contributed by atoms with Crippen LogP contribution in [0.3, 0.4) is 0 Å². The number of carbonyl (C=O) groups is 1. The van der Waals surface area contributed by atoms with Crippen LogP contribution >= 0.6 is 0 Å². The van der Waals surface area contributed by atoms with Gasteiger partial charge in [0.15, 0.2) is 0 Å². The monoisotopic (exact) mass is 391 g/mol. The highest BCUT2D eigenvalue weighted by Gasteiger charge is 2.28. The van der Waals surface area contributed by atoms with Crippen LogP contribution in [0, 0.1) is 11.6 Å². The van der Waals surface area contributed by atoms with E-state index in [9.17, 15) is 13.6 Å². The summed E-state index contributed by atoms with van der Waals surface area (Å²) in [5.74, 6) is -1.28. The molecule has 0 radical (unpaired) electrons. The lowest BCUT2D eigenvalue weighted by Crippen LogP contribution is -2.26. The number of hydrogen-bond acceptors (Lipinski definition) is 2. The Morgan fingerprint density at radius 1 is 0.966 bits per heavy atom. The van der Waals surface area contributed by atoms with Crippen LogP contribution in [0.5, 0.6) is 0 Å². The summed E-state index contributed by atoms with van der Waals surface area (Å²) in [6, 6.07) is 19.6. The molecule has 1 aliphatic carbocycles. The second-order valence-corrected chi connectivity index (χ2v) is 6.77. The summed E-state index contributed by atoms with van der Waals surface area (Å²) in [5, 5.41) is 2.61. The third-order valence-corrected chi connectivity index (χ3v) is 4.97. The molecule has 29 heavy (non-hydrogen) atoms. The third-order valence-electron chi connectivity index (χ3n) is 4.97. The number of nitrogens with one attached hydrogen (secondary N) is 1. The number of benzene rings is 3. The van der Waals surface area contributed by atoms with Crippen LogP contribution in [0.15, 0.2) is 72.8 Å². The molecule has 4 rings (SSSR count). The van der Waals surface area contributed by atoms with E-state index in [0.717, 1.165) is 17.2 Å². The van der Waals surface area contributed by atoms with Crippen molar-refractivity contribution < 1.29 is 18.3 Å². The van der Waals surface area contributed by atoms with E-state index < -0.39 is 17.7 Å². The Bertz CT molecular complexity index is 1030. The van der Waals surface area contributed by atoms with Gasteiger partial charge in [0.2, 0.25) is 0 Å². The molecule has 146 valence electrons. The van der Waals surface area contributed by atoms with E-state index in [4.69, 9.17) is 4.74 Å². The standard InChI is InChI=1S/C24H19F2NO2/c25-17-12-11-16(23(26)14-17)6-5-13-27-24(28)29-15-22-20-9-3-1-7-18(20)19-8-2-4-10-21(19)22/h1-12,14,22H,13,15H2,(H,27,28). The highest BCUT2D eigenvalue weighted by Crippen LogP contribution is 2.44. The molecule has 0 heterocycles. The lowest BCUT2D eigenvalue weighted by molar-refractivity contribution is 0.144. The van der Waals surface area contributed by atoms with E-state index >= 15 is 0 Å². The summed E-state index contributed by atoms with van der Waals surface area (Å²) < 4.78 is 31.9. The van der Waals surface area contributed by atoms with Gasteiger partial charge in [-0.25, -0.2) is 13.6 Å². The zero-order valence-corrected chi connectivity index (χ0v) is 15.6. The van der Waals surface area contributed by atoms with Gasteiger partial charge < -0.3 is 10.1 Å². The molecule has 0 spiro atoms. The number of alkyl carbamates (subject to hydrolysis) is 1. The SMILES string of the molecule is O=C(NCC=Cc1ccc(F)cc1F)OCC1c2ccccc2-c2ccccc21. The molecule has 0 bridgehead atoms. The molecule has 0 atom stereocenters. The molecule has 3 nitrogen and oxygen atoms in total. The molecule has 0 fully saturated rings. The predicted octanol–water partition coefficient (Wildman–Crippen LogP) is 5.52. The van der Waals surface area contributed by atoms with Crippen molar-refractivity contribution in [3.63, 3.8) is 0 Å². The van der Waals surface area contributed by atoms with Crippen LogP contribution in [0.1, 0.15) is 22.6 Å². The number of rotatable bonds is 5. The van der Waals surface area contributed by atoms with Crippen LogP contribution < -0.4 is 5.32 Å². The number of fused-ring (bicyclic) bond motifs is 3. The van der Waals surface area contributed by atoms with Gasteiger partial charge in [-0.15, -0.1) is 0 Å². The van der Waals surface area contributed by atoms with E-state index in [1.807, 2.05) is 24.3 Å². The lowest BCUT2D eigenvalue weighted by atomic mass is 9.98. The van der Waals surface area contributed by atoms with Gasteiger partial charge in [-0.2, -0.15) is 0 Å². The van der Waals surface area contributed by atoms with Gasteiger partial charge in [0.05, 0.1) is 0 Å². The molecular formula is C24H19F2NO2. The van der Waals surface area contributed by atoms with E-state index in [1.165, 1.54) is 29.3 Å². The van der Waals surface area contributed by atoms with Gasteiger partial charge in [0.1, 0.15) is 18.2 Å². The summed E-state index contributed by atoms with van der Waals surface area (Å²) in [6.45, 7) is 0.406. The van der Waals surface area contributed by atoms with Crippen molar-refractivity contribution in [1.29, 1.82) is 0 Å². The predicted molar refractivity (Wildman–Crippen MR) is 108 cm³/mol. The molecule has 1 aliphatic rings. The molecule has 0 aliphatic heterocycles. The average Bonchev–Trinajstić information content (AvgIpc) is 3.05. The van der Waals surface area contributed by atoms with Gasteiger partial charge in [-0.3, -0.25) is 0 Å². The van der Waals surface area contributed by atoms with Crippen molar-refractivity contribution in [2.45, 2.75) is 5.92 Å². The van der Waals surface area contributed by atoms with Crippen molar-refractivity contribution in [2.75, 3.05) is 13.2 Å². The van der Waals surface area contributed by atoms with Crippen molar-refractivity contribution >= 4 is 12.2 Å². The zero-order valence-electron chi connectivity index (χ0n) is 15.6. The molecule has 3 aromatic carbocycles. The Labute approximate surface area is 167 Å². The first-order valence-corrected chi connectivity index (χ1v) is 9.34. The molecule has 5 heteroatoms. The summed E-state index contributed by atoms with van der Waals surface area (Å²) >= 11 is 0. The highest BCUT2D eigenvalue weighted by molar-refractivity contribution is 5.79. The van der Waals surface area contributed by atoms with Crippen molar-refractivity contribution in [3.05, 3.63) is 101 Å². The number of amides is 1. The fraction of sp³-hybridized carbons (Fsp3) is 0.125.